The predicted molar refractivity (Wildman–Crippen MR) is 95.1 cm³/mol. The highest BCUT2D eigenvalue weighted by Crippen LogP contribution is 2.28. The molecule has 0 spiro atoms. The van der Waals surface area contributed by atoms with Crippen molar-refractivity contribution in [3.05, 3.63) is 18.1 Å². The van der Waals surface area contributed by atoms with Gasteiger partial charge in [-0.1, -0.05) is 12.8 Å². The molecule has 0 radical (unpaired) electrons. The third kappa shape index (κ3) is 3.66. The van der Waals surface area contributed by atoms with Gasteiger partial charge in [-0.15, -0.1) is 0 Å². The van der Waals surface area contributed by atoms with E-state index >= 15 is 0 Å². The largest absolute Gasteiger partial charge is 0.354 e. The summed E-state index contributed by atoms with van der Waals surface area (Å²) in [7, 11) is 0. The number of hydrogen-bond acceptors (Lipinski definition) is 5. The predicted octanol–water partition coefficient (Wildman–Crippen LogP) is 1.60. The third-order valence-electron chi connectivity index (χ3n) is 5.44. The van der Waals surface area contributed by atoms with Crippen LogP contribution >= 0.6 is 0 Å². The molecule has 2 aliphatic rings. The summed E-state index contributed by atoms with van der Waals surface area (Å²) in [5.41, 5.74) is 2.74. The summed E-state index contributed by atoms with van der Waals surface area (Å²) in [6.45, 7) is 3.18. The first kappa shape index (κ1) is 16.4. The van der Waals surface area contributed by atoms with E-state index in [1.807, 2.05) is 4.68 Å². The van der Waals surface area contributed by atoms with Gasteiger partial charge >= 0.3 is 0 Å². The maximum atomic E-state index is 12.1. The smallest absolute Gasteiger partial charge is 0.220 e. The first-order chi connectivity index (χ1) is 12.3. The minimum absolute atomic E-state index is 0.162. The Hall–Kier alpha value is -2.02. The molecule has 7 heteroatoms. The number of rotatable bonds is 6. The van der Waals surface area contributed by atoms with Crippen LogP contribution in [-0.2, 0) is 11.3 Å². The van der Waals surface area contributed by atoms with E-state index in [0.29, 0.717) is 31.3 Å². The van der Waals surface area contributed by atoms with Crippen LogP contribution in [0.1, 0.15) is 50.1 Å². The molecule has 4 rings (SSSR count). The Morgan fingerprint density at radius 2 is 2.08 bits per heavy atom. The molecule has 1 atom stereocenters. The molecule has 3 heterocycles. The second-order valence-electron chi connectivity index (χ2n) is 7.23. The maximum absolute atomic E-state index is 12.1. The number of fused-ring (bicyclic) bond motifs is 1. The van der Waals surface area contributed by atoms with E-state index in [0.717, 1.165) is 36.4 Å². The van der Waals surface area contributed by atoms with E-state index in [1.165, 1.54) is 25.7 Å². The summed E-state index contributed by atoms with van der Waals surface area (Å²) in [6.07, 6.45) is 10.1. The quantitative estimate of drug-likeness (QED) is 0.833. The van der Waals surface area contributed by atoms with Crippen molar-refractivity contribution >= 4 is 17.1 Å². The molecule has 2 N–H and O–H groups in total. The summed E-state index contributed by atoms with van der Waals surface area (Å²) in [4.78, 5) is 21.0. The molecule has 25 heavy (non-hydrogen) atoms. The van der Waals surface area contributed by atoms with Gasteiger partial charge in [-0.3, -0.25) is 4.79 Å². The Morgan fingerprint density at radius 1 is 1.24 bits per heavy atom. The average Bonchev–Trinajstić information content (AvgIpc) is 3.36. The van der Waals surface area contributed by atoms with Crippen LogP contribution in [0.25, 0.3) is 11.2 Å². The zero-order valence-electron chi connectivity index (χ0n) is 14.6. The minimum atomic E-state index is 0.162. The molecule has 1 aliphatic heterocycles. The normalized spacial score (nSPS) is 21.2. The van der Waals surface area contributed by atoms with Crippen LogP contribution in [0.5, 0.6) is 0 Å². The van der Waals surface area contributed by atoms with Crippen molar-refractivity contribution in [3.63, 3.8) is 0 Å². The zero-order valence-corrected chi connectivity index (χ0v) is 14.6. The second kappa shape index (κ2) is 7.47. The highest BCUT2D eigenvalue weighted by molar-refractivity contribution is 5.76. The fourth-order valence-corrected chi connectivity index (χ4v) is 4.09. The van der Waals surface area contributed by atoms with Gasteiger partial charge in [0.25, 0.3) is 0 Å². The van der Waals surface area contributed by atoms with Gasteiger partial charge in [0.1, 0.15) is 5.52 Å². The molecule has 0 aromatic carbocycles. The maximum Gasteiger partial charge on any atom is 0.220 e. The molecule has 1 aliphatic carbocycles. The summed E-state index contributed by atoms with van der Waals surface area (Å²) >= 11 is 0. The first-order valence-electron chi connectivity index (χ1n) is 9.46. The van der Waals surface area contributed by atoms with E-state index < -0.39 is 0 Å². The monoisotopic (exact) mass is 342 g/mol. The number of amides is 1. The molecule has 134 valence electrons. The van der Waals surface area contributed by atoms with Crippen molar-refractivity contribution in [1.82, 2.24) is 30.4 Å². The summed E-state index contributed by atoms with van der Waals surface area (Å²) in [5, 5.41) is 11.2. The Kier molecular flexibility index (Phi) is 4.92. The van der Waals surface area contributed by atoms with Crippen LogP contribution in [0, 0.1) is 5.92 Å². The van der Waals surface area contributed by atoms with Crippen molar-refractivity contribution in [2.24, 2.45) is 5.92 Å². The van der Waals surface area contributed by atoms with Crippen molar-refractivity contribution < 1.29 is 4.79 Å². The fraction of sp³-hybridized carbons (Fsp3) is 0.667. The number of carbonyl (C=O) groups is 1. The molecule has 7 nitrogen and oxygen atoms in total. The van der Waals surface area contributed by atoms with Crippen LogP contribution in [0.4, 0.5) is 0 Å². The number of aromatic nitrogens is 4. The number of nitrogens with zero attached hydrogens (tertiary/aromatic N) is 4. The van der Waals surface area contributed by atoms with Gasteiger partial charge in [0.2, 0.25) is 5.91 Å². The highest BCUT2D eigenvalue weighted by Gasteiger charge is 2.24. The van der Waals surface area contributed by atoms with E-state index in [-0.39, 0.29) is 5.91 Å². The lowest BCUT2D eigenvalue weighted by atomic mass is 10.0. The van der Waals surface area contributed by atoms with Gasteiger partial charge in [-0.2, -0.15) is 5.10 Å². The molecular formula is C18H26N6O. The van der Waals surface area contributed by atoms with Crippen LogP contribution in [0.3, 0.4) is 0 Å². The standard InChI is InChI=1S/C18H26N6O/c25-15(11-13-3-1-2-4-13)20-9-10-24-18-17(21-7-8-22-18)16(23-24)14-5-6-19-12-14/h7-8,13-14,19H,1-6,9-12H2,(H,20,25)/t14-/m1/s1. The summed E-state index contributed by atoms with van der Waals surface area (Å²) < 4.78 is 1.89. The summed E-state index contributed by atoms with van der Waals surface area (Å²) in [5.74, 6) is 1.14. The van der Waals surface area contributed by atoms with Crippen molar-refractivity contribution in [2.45, 2.75) is 51.0 Å². The third-order valence-corrected chi connectivity index (χ3v) is 5.44. The minimum Gasteiger partial charge on any atom is -0.354 e. The van der Waals surface area contributed by atoms with Crippen LogP contribution in [0.15, 0.2) is 12.4 Å². The molecule has 1 amide bonds. The summed E-state index contributed by atoms with van der Waals surface area (Å²) in [6, 6.07) is 0. The van der Waals surface area contributed by atoms with Crippen LogP contribution in [-0.4, -0.2) is 45.3 Å². The lowest BCUT2D eigenvalue weighted by molar-refractivity contribution is -0.122. The Labute approximate surface area is 147 Å². The highest BCUT2D eigenvalue weighted by atomic mass is 16.1. The number of nitrogens with one attached hydrogen (secondary N) is 2. The van der Waals surface area contributed by atoms with E-state index in [1.54, 1.807) is 12.4 Å². The molecule has 2 aromatic rings. The Bertz CT molecular complexity index is 730. The van der Waals surface area contributed by atoms with Gasteiger partial charge in [-0.25, -0.2) is 14.6 Å². The van der Waals surface area contributed by atoms with Gasteiger partial charge in [-0.05, 0) is 31.7 Å². The first-order valence-corrected chi connectivity index (χ1v) is 9.46. The lowest BCUT2D eigenvalue weighted by Crippen LogP contribution is -2.28. The van der Waals surface area contributed by atoms with Gasteiger partial charge in [0, 0.05) is 37.8 Å². The van der Waals surface area contributed by atoms with Gasteiger partial charge < -0.3 is 10.6 Å². The average molecular weight is 342 g/mol. The molecular weight excluding hydrogens is 316 g/mol. The Balaban J connectivity index is 1.40. The molecule has 2 fully saturated rings. The van der Waals surface area contributed by atoms with Crippen LogP contribution < -0.4 is 10.6 Å². The van der Waals surface area contributed by atoms with Crippen molar-refractivity contribution in [3.8, 4) is 0 Å². The number of hydrogen-bond donors (Lipinski definition) is 2. The number of carbonyl (C=O) groups excluding carboxylic acids is 1. The fourth-order valence-electron chi connectivity index (χ4n) is 4.09. The lowest BCUT2D eigenvalue weighted by Gasteiger charge is -2.09. The molecule has 1 saturated heterocycles. The van der Waals surface area contributed by atoms with Crippen molar-refractivity contribution in [1.29, 1.82) is 0 Å². The SMILES string of the molecule is O=C(CC1CCCC1)NCCn1nc([C@@H]2CCNC2)c2nccnc21. The molecule has 1 saturated carbocycles. The Morgan fingerprint density at radius 3 is 2.88 bits per heavy atom. The molecule has 2 aromatic heterocycles. The van der Waals surface area contributed by atoms with Crippen LogP contribution in [0.2, 0.25) is 0 Å². The molecule has 0 unspecified atom stereocenters. The topological polar surface area (TPSA) is 84.7 Å². The van der Waals surface area contributed by atoms with Crippen molar-refractivity contribution in [2.75, 3.05) is 19.6 Å². The van der Waals surface area contributed by atoms with E-state index in [4.69, 9.17) is 5.10 Å². The second-order valence-corrected chi connectivity index (χ2v) is 7.23. The zero-order chi connectivity index (χ0) is 17.1. The van der Waals surface area contributed by atoms with Gasteiger partial charge in [0.15, 0.2) is 5.65 Å². The van der Waals surface area contributed by atoms with E-state index in [2.05, 4.69) is 20.6 Å². The van der Waals surface area contributed by atoms with Gasteiger partial charge in [0.05, 0.1) is 12.2 Å². The molecule has 0 bridgehead atoms. The van der Waals surface area contributed by atoms with E-state index in [9.17, 15) is 4.79 Å².